The average Bonchev–Trinajstić information content (AvgIpc) is 2.84. The van der Waals surface area contributed by atoms with Gasteiger partial charge >= 0.3 is 0 Å². The number of hydrogen-bond acceptors (Lipinski definition) is 3. The van der Waals surface area contributed by atoms with E-state index < -0.39 is 0 Å². The molecule has 17 heavy (non-hydrogen) atoms. The predicted octanol–water partition coefficient (Wildman–Crippen LogP) is 2.73. The molecule has 2 unspecified atom stereocenters. The van der Waals surface area contributed by atoms with Crippen molar-refractivity contribution >= 4 is 0 Å². The van der Waals surface area contributed by atoms with Gasteiger partial charge < -0.3 is 10.1 Å². The minimum atomic E-state index is 0.512. The van der Waals surface area contributed by atoms with Crippen LogP contribution >= 0.6 is 0 Å². The summed E-state index contributed by atoms with van der Waals surface area (Å²) < 4.78 is 5.42. The zero-order valence-electron chi connectivity index (χ0n) is 10.8. The molecule has 1 aromatic rings. The molecule has 0 amide bonds. The van der Waals surface area contributed by atoms with Gasteiger partial charge in [-0.05, 0) is 37.9 Å². The summed E-state index contributed by atoms with van der Waals surface area (Å²) in [4.78, 5) is 4.52. The molecule has 3 nitrogen and oxygen atoms in total. The topological polar surface area (TPSA) is 34.2 Å². The Morgan fingerprint density at radius 1 is 1.47 bits per heavy atom. The third kappa shape index (κ3) is 2.78. The van der Waals surface area contributed by atoms with Gasteiger partial charge in [-0.3, -0.25) is 4.98 Å². The summed E-state index contributed by atoms with van der Waals surface area (Å²) >= 11 is 0. The van der Waals surface area contributed by atoms with Gasteiger partial charge in [-0.2, -0.15) is 0 Å². The van der Waals surface area contributed by atoms with E-state index in [1.165, 1.54) is 25.7 Å². The van der Waals surface area contributed by atoms with E-state index >= 15 is 0 Å². The van der Waals surface area contributed by atoms with E-state index in [2.05, 4.69) is 17.2 Å². The van der Waals surface area contributed by atoms with Crippen molar-refractivity contribution < 1.29 is 4.74 Å². The molecule has 1 fully saturated rings. The maximum atomic E-state index is 5.42. The van der Waals surface area contributed by atoms with E-state index in [-0.39, 0.29) is 0 Å². The Morgan fingerprint density at radius 3 is 3.12 bits per heavy atom. The zero-order valence-corrected chi connectivity index (χ0v) is 10.8. The molecule has 0 radical (unpaired) electrons. The lowest BCUT2D eigenvalue weighted by molar-refractivity contribution is 0.391. The Morgan fingerprint density at radius 2 is 2.35 bits per heavy atom. The van der Waals surface area contributed by atoms with E-state index in [4.69, 9.17) is 4.74 Å². The van der Waals surface area contributed by atoms with Gasteiger partial charge in [-0.25, -0.2) is 0 Å². The number of ether oxygens (including phenoxy) is 1. The van der Waals surface area contributed by atoms with Crippen molar-refractivity contribution in [1.29, 1.82) is 0 Å². The first-order valence-corrected chi connectivity index (χ1v) is 6.59. The van der Waals surface area contributed by atoms with Crippen molar-refractivity contribution in [2.24, 2.45) is 0 Å². The second-order valence-corrected chi connectivity index (χ2v) is 4.69. The Hall–Kier alpha value is -1.09. The molecule has 0 spiro atoms. The van der Waals surface area contributed by atoms with Crippen molar-refractivity contribution in [2.75, 3.05) is 13.7 Å². The molecule has 0 bridgehead atoms. The van der Waals surface area contributed by atoms with Crippen LogP contribution in [0.4, 0.5) is 0 Å². The van der Waals surface area contributed by atoms with Crippen molar-refractivity contribution in [3.63, 3.8) is 0 Å². The quantitative estimate of drug-likeness (QED) is 0.850. The minimum absolute atomic E-state index is 0.512. The lowest BCUT2D eigenvalue weighted by Crippen LogP contribution is -2.32. The zero-order chi connectivity index (χ0) is 12.1. The third-order valence-corrected chi connectivity index (χ3v) is 3.54. The fraction of sp³-hybridized carbons (Fsp3) is 0.643. The first-order chi connectivity index (χ1) is 8.36. The van der Waals surface area contributed by atoms with Crippen LogP contribution in [0.25, 0.3) is 0 Å². The van der Waals surface area contributed by atoms with Crippen molar-refractivity contribution in [3.8, 4) is 5.75 Å². The number of hydrogen-bond donors (Lipinski definition) is 1. The Labute approximate surface area is 104 Å². The third-order valence-electron chi connectivity index (χ3n) is 3.54. The maximum absolute atomic E-state index is 5.42. The molecule has 0 aromatic carbocycles. The standard InChI is InChI=1S/C14H22N2O/c1-3-9-15-12-7-4-6-11(12)14-13(17-2)8-5-10-16-14/h5,8,10-12,15H,3-4,6-7,9H2,1-2H3. The fourth-order valence-corrected chi connectivity index (χ4v) is 2.72. The van der Waals surface area contributed by atoms with Gasteiger partial charge in [0.1, 0.15) is 5.75 Å². The van der Waals surface area contributed by atoms with Gasteiger partial charge in [0, 0.05) is 18.2 Å². The van der Waals surface area contributed by atoms with Gasteiger partial charge in [0.15, 0.2) is 0 Å². The number of nitrogens with zero attached hydrogens (tertiary/aromatic N) is 1. The van der Waals surface area contributed by atoms with Gasteiger partial charge in [0.05, 0.1) is 12.8 Å². The first-order valence-electron chi connectivity index (χ1n) is 6.59. The van der Waals surface area contributed by atoms with Crippen molar-refractivity contribution in [1.82, 2.24) is 10.3 Å². The molecule has 2 rings (SSSR count). The van der Waals surface area contributed by atoms with Gasteiger partial charge in [0.25, 0.3) is 0 Å². The molecule has 2 atom stereocenters. The summed E-state index contributed by atoms with van der Waals surface area (Å²) in [5.74, 6) is 1.44. The molecule has 1 aliphatic rings. The number of rotatable bonds is 5. The summed E-state index contributed by atoms with van der Waals surface area (Å²) in [6.45, 7) is 3.30. The van der Waals surface area contributed by atoms with Crippen LogP contribution in [0.15, 0.2) is 18.3 Å². The highest BCUT2D eigenvalue weighted by molar-refractivity contribution is 5.31. The molecular formula is C14H22N2O. The number of pyridine rings is 1. The predicted molar refractivity (Wildman–Crippen MR) is 69.5 cm³/mol. The molecule has 1 N–H and O–H groups in total. The smallest absolute Gasteiger partial charge is 0.140 e. The van der Waals surface area contributed by atoms with E-state index in [1.807, 2.05) is 18.3 Å². The summed E-state index contributed by atoms with van der Waals surface area (Å²) in [6.07, 6.45) is 6.81. The molecule has 94 valence electrons. The van der Waals surface area contributed by atoms with Gasteiger partial charge in [0.2, 0.25) is 0 Å². The van der Waals surface area contributed by atoms with Crippen LogP contribution in [0, 0.1) is 0 Å². The van der Waals surface area contributed by atoms with E-state index in [0.29, 0.717) is 12.0 Å². The number of methoxy groups -OCH3 is 1. The minimum Gasteiger partial charge on any atom is -0.495 e. The van der Waals surface area contributed by atoms with E-state index in [1.54, 1.807) is 7.11 Å². The van der Waals surface area contributed by atoms with Gasteiger partial charge in [-0.15, -0.1) is 0 Å². The summed E-state index contributed by atoms with van der Waals surface area (Å²) in [6, 6.07) is 4.52. The van der Waals surface area contributed by atoms with Crippen LogP contribution in [-0.2, 0) is 0 Å². The van der Waals surface area contributed by atoms with Crippen LogP contribution in [0.1, 0.15) is 44.2 Å². The number of aromatic nitrogens is 1. The summed E-state index contributed by atoms with van der Waals surface area (Å²) in [5, 5.41) is 3.64. The largest absolute Gasteiger partial charge is 0.495 e. The highest BCUT2D eigenvalue weighted by Crippen LogP contribution is 2.37. The summed E-state index contributed by atoms with van der Waals surface area (Å²) in [5.41, 5.74) is 1.13. The molecule has 0 saturated heterocycles. The lowest BCUT2D eigenvalue weighted by Gasteiger charge is -2.21. The SMILES string of the molecule is CCCNC1CCCC1c1ncccc1OC. The Balaban J connectivity index is 2.14. The molecule has 1 aliphatic carbocycles. The van der Waals surface area contributed by atoms with Crippen molar-refractivity contribution in [3.05, 3.63) is 24.0 Å². The fourth-order valence-electron chi connectivity index (χ4n) is 2.72. The average molecular weight is 234 g/mol. The Bertz CT molecular complexity index is 354. The Kier molecular flexibility index (Phi) is 4.37. The highest BCUT2D eigenvalue weighted by atomic mass is 16.5. The summed E-state index contributed by atoms with van der Waals surface area (Å²) in [7, 11) is 1.73. The van der Waals surface area contributed by atoms with Crippen molar-refractivity contribution in [2.45, 2.75) is 44.6 Å². The van der Waals surface area contributed by atoms with E-state index in [9.17, 15) is 0 Å². The number of nitrogens with one attached hydrogen (secondary N) is 1. The van der Waals surface area contributed by atoms with Crippen LogP contribution < -0.4 is 10.1 Å². The highest BCUT2D eigenvalue weighted by Gasteiger charge is 2.30. The second-order valence-electron chi connectivity index (χ2n) is 4.69. The molecule has 1 saturated carbocycles. The molecule has 1 heterocycles. The van der Waals surface area contributed by atoms with Crippen LogP contribution in [-0.4, -0.2) is 24.7 Å². The lowest BCUT2D eigenvalue weighted by atomic mass is 9.98. The first kappa shape index (κ1) is 12.4. The van der Waals surface area contributed by atoms with Crippen LogP contribution in [0.2, 0.25) is 0 Å². The molecular weight excluding hydrogens is 212 g/mol. The second kappa shape index (κ2) is 6.01. The van der Waals surface area contributed by atoms with E-state index in [0.717, 1.165) is 18.0 Å². The maximum Gasteiger partial charge on any atom is 0.140 e. The molecule has 1 aromatic heterocycles. The van der Waals surface area contributed by atoms with Crippen LogP contribution in [0.3, 0.4) is 0 Å². The normalized spacial score (nSPS) is 23.9. The molecule has 3 heteroatoms. The monoisotopic (exact) mass is 234 g/mol. The van der Waals surface area contributed by atoms with Crippen LogP contribution in [0.5, 0.6) is 5.75 Å². The van der Waals surface area contributed by atoms with Gasteiger partial charge in [-0.1, -0.05) is 13.3 Å². The molecule has 0 aliphatic heterocycles.